The number of aromatic carboxylic acids is 1. The highest BCUT2D eigenvalue weighted by Gasteiger charge is 2.38. The number of unbranched alkanes of at least 4 members (excludes halogenated alkanes) is 1. The van der Waals surface area contributed by atoms with Crippen molar-refractivity contribution >= 4 is 40.7 Å². The zero-order valence-electron chi connectivity index (χ0n) is 30.4. The summed E-state index contributed by atoms with van der Waals surface area (Å²) >= 11 is 0. The lowest BCUT2D eigenvalue weighted by atomic mass is 9.67. The number of nitrogens with one attached hydrogen (secondary N) is 1. The molecule has 10 nitrogen and oxygen atoms in total. The maximum Gasteiger partial charge on any atom is 0.306 e. The predicted molar refractivity (Wildman–Crippen MR) is 194 cm³/mol. The second-order valence-corrected chi connectivity index (χ2v) is 15.2. The van der Waals surface area contributed by atoms with Crippen molar-refractivity contribution in [2.24, 2.45) is 0 Å². The van der Waals surface area contributed by atoms with Crippen molar-refractivity contribution in [1.82, 2.24) is 9.89 Å². The Kier molecular flexibility index (Phi) is 9.35. The maximum absolute atomic E-state index is 13.3. The SMILES string of the molecule is CN1CCCc2cc3c(cc21)C(C)(C)c1cc2c(cc1=C3c1ccc(C(=O)NCCCCC(=O)OC3C(=O)CCC3=O)cc1C(=O)[O-])CCC[N+]=2C. The first kappa shape index (κ1) is 35.3. The van der Waals surface area contributed by atoms with Crippen LogP contribution in [0.5, 0.6) is 0 Å². The quantitative estimate of drug-likeness (QED) is 0.155. The summed E-state index contributed by atoms with van der Waals surface area (Å²) < 4.78 is 7.36. The monoisotopic (exact) mass is 703 g/mol. The standard InChI is InChI=1S/C42H45N3O7/c1-42(2)31-22-33-24(9-7-17-44(33)3)19-29(31)38(30-20-25-10-8-18-45(4)34(25)23-32(30)42)27-13-12-26(21-28(27)41(50)51)40(49)43-16-6-5-11-37(48)52-39-35(46)14-15-36(39)47/h12-13,19-23,39H,5-11,14-18H2,1-4H3,(H-,43,49,50,51). The van der Waals surface area contributed by atoms with E-state index in [0.717, 1.165) is 66.3 Å². The molecular formula is C42H45N3O7. The van der Waals surface area contributed by atoms with Crippen molar-refractivity contribution in [3.8, 4) is 0 Å². The third-order valence-corrected chi connectivity index (χ3v) is 11.3. The highest BCUT2D eigenvalue weighted by molar-refractivity contribution is 6.12. The smallest absolute Gasteiger partial charge is 0.306 e. The van der Waals surface area contributed by atoms with E-state index in [0.29, 0.717) is 18.4 Å². The van der Waals surface area contributed by atoms with Gasteiger partial charge in [0.05, 0.1) is 5.97 Å². The summed E-state index contributed by atoms with van der Waals surface area (Å²) in [6, 6.07) is 13.9. The lowest BCUT2D eigenvalue weighted by molar-refractivity contribution is -0.255. The molecule has 0 aromatic heterocycles. The Morgan fingerprint density at radius 2 is 1.67 bits per heavy atom. The molecule has 1 fully saturated rings. The van der Waals surface area contributed by atoms with E-state index in [1.165, 1.54) is 28.2 Å². The van der Waals surface area contributed by atoms with Gasteiger partial charge >= 0.3 is 5.97 Å². The lowest BCUT2D eigenvalue weighted by Gasteiger charge is -2.38. The number of ether oxygens (including phenoxy) is 1. The molecule has 1 saturated carbocycles. The number of hydrogen-bond acceptors (Lipinski definition) is 8. The number of benzene rings is 3. The first-order chi connectivity index (χ1) is 24.8. The molecule has 7 rings (SSSR count). The number of fused-ring (bicyclic) bond motifs is 4. The van der Waals surface area contributed by atoms with Crippen molar-refractivity contribution in [1.29, 1.82) is 0 Å². The van der Waals surface area contributed by atoms with Gasteiger partial charge in [-0.25, -0.2) is 4.58 Å². The van der Waals surface area contributed by atoms with E-state index in [-0.39, 0.29) is 53.9 Å². The second kappa shape index (κ2) is 13.8. The molecule has 10 heteroatoms. The van der Waals surface area contributed by atoms with E-state index in [1.807, 2.05) is 0 Å². The number of amides is 1. The van der Waals surface area contributed by atoms with Crippen LogP contribution in [-0.2, 0) is 37.4 Å². The van der Waals surface area contributed by atoms with Crippen molar-refractivity contribution in [3.63, 3.8) is 0 Å². The minimum absolute atomic E-state index is 0.00775. The molecule has 3 aromatic rings. The molecule has 0 saturated heterocycles. The number of esters is 1. The fraction of sp³-hybridized carbons (Fsp3) is 0.429. The summed E-state index contributed by atoms with van der Waals surface area (Å²) in [6.07, 6.45) is 3.70. The molecule has 2 heterocycles. The molecule has 1 amide bonds. The topological polar surface area (TPSA) is 136 Å². The Balaban J connectivity index is 1.21. The summed E-state index contributed by atoms with van der Waals surface area (Å²) in [7, 11) is 4.25. The van der Waals surface area contributed by atoms with Crippen LogP contribution in [0.1, 0.15) is 113 Å². The van der Waals surface area contributed by atoms with Crippen LogP contribution in [0.3, 0.4) is 0 Å². The molecule has 270 valence electrons. The molecule has 0 radical (unpaired) electrons. The Bertz CT molecular complexity index is 2170. The van der Waals surface area contributed by atoms with Crippen molar-refractivity contribution in [3.05, 3.63) is 97.5 Å². The second-order valence-electron chi connectivity index (χ2n) is 15.2. The number of anilines is 1. The van der Waals surface area contributed by atoms with Crippen LogP contribution in [-0.4, -0.2) is 69.2 Å². The first-order valence-electron chi connectivity index (χ1n) is 18.4. The molecule has 0 bridgehead atoms. The average Bonchev–Trinajstić information content (AvgIpc) is 3.43. The van der Waals surface area contributed by atoms with Gasteiger partial charge in [-0.15, -0.1) is 0 Å². The first-order valence-corrected chi connectivity index (χ1v) is 18.4. The molecule has 2 aliphatic carbocycles. The zero-order chi connectivity index (χ0) is 36.9. The van der Waals surface area contributed by atoms with Gasteiger partial charge in [0.25, 0.3) is 5.91 Å². The highest BCUT2D eigenvalue weighted by atomic mass is 16.6. The number of Topliss-reactive ketones (excluding diaryl/α,β-unsaturated/α-hetero) is 2. The van der Waals surface area contributed by atoms with Crippen LogP contribution in [0.2, 0.25) is 0 Å². The summed E-state index contributed by atoms with van der Waals surface area (Å²) in [4.78, 5) is 64.1. The van der Waals surface area contributed by atoms with Crippen molar-refractivity contribution in [2.75, 3.05) is 38.6 Å². The summed E-state index contributed by atoms with van der Waals surface area (Å²) in [6.45, 7) is 6.70. The molecule has 2 aliphatic heterocycles. The fourth-order valence-electron chi connectivity index (χ4n) is 8.44. The Labute approximate surface area is 303 Å². The molecular weight excluding hydrogens is 658 g/mol. The Morgan fingerprint density at radius 1 is 0.923 bits per heavy atom. The van der Waals surface area contributed by atoms with Gasteiger partial charge in [0, 0.05) is 79.7 Å². The number of nitrogens with zero attached hydrogens (tertiary/aromatic N) is 2. The Morgan fingerprint density at radius 3 is 2.42 bits per heavy atom. The number of carboxylic acid groups (broad SMARTS) is 1. The predicted octanol–water partition coefficient (Wildman–Crippen LogP) is 2.13. The molecule has 1 N–H and O–H groups in total. The number of hydrogen-bond donors (Lipinski definition) is 1. The Hall–Kier alpha value is -5.12. The van der Waals surface area contributed by atoms with Gasteiger partial charge < -0.3 is 24.9 Å². The number of rotatable bonds is 9. The van der Waals surface area contributed by atoms with Crippen LogP contribution in [0.4, 0.5) is 5.69 Å². The summed E-state index contributed by atoms with van der Waals surface area (Å²) in [5.41, 5.74) is 8.10. The molecule has 0 unspecified atom stereocenters. The van der Waals surface area contributed by atoms with Gasteiger partial charge in [-0.05, 0) is 101 Å². The average molecular weight is 704 g/mol. The van der Waals surface area contributed by atoms with Crippen molar-refractivity contribution in [2.45, 2.75) is 83.2 Å². The summed E-state index contributed by atoms with van der Waals surface area (Å²) in [5, 5.41) is 17.9. The fourth-order valence-corrected chi connectivity index (χ4v) is 8.44. The van der Waals surface area contributed by atoms with Gasteiger partial charge in [-0.3, -0.25) is 19.2 Å². The van der Waals surface area contributed by atoms with Gasteiger partial charge in [0.15, 0.2) is 11.6 Å². The summed E-state index contributed by atoms with van der Waals surface area (Å²) in [5.74, 6) is -3.17. The largest absolute Gasteiger partial charge is 0.545 e. The normalized spacial score (nSPS) is 17.7. The third-order valence-electron chi connectivity index (χ3n) is 11.3. The van der Waals surface area contributed by atoms with Crippen LogP contribution in [0.15, 0.2) is 42.5 Å². The maximum atomic E-state index is 13.3. The van der Waals surface area contributed by atoms with E-state index < -0.39 is 23.9 Å². The number of carbonyl (C=O) groups is 5. The van der Waals surface area contributed by atoms with E-state index in [9.17, 15) is 29.1 Å². The number of aryl methyl sites for hydroxylation is 2. The third kappa shape index (κ3) is 6.33. The molecule has 4 aliphatic rings. The van der Waals surface area contributed by atoms with Crippen LogP contribution in [0.25, 0.3) is 5.57 Å². The van der Waals surface area contributed by atoms with Gasteiger partial charge in [-0.1, -0.05) is 19.9 Å². The highest BCUT2D eigenvalue weighted by Crippen LogP contribution is 2.44. The van der Waals surface area contributed by atoms with Gasteiger partial charge in [0.1, 0.15) is 13.6 Å². The number of carboxylic acids is 1. The minimum Gasteiger partial charge on any atom is -0.545 e. The molecule has 52 heavy (non-hydrogen) atoms. The van der Waals surface area contributed by atoms with E-state index >= 15 is 0 Å². The lowest BCUT2D eigenvalue weighted by Crippen LogP contribution is -2.42. The molecule has 0 spiro atoms. The van der Waals surface area contributed by atoms with Crippen LogP contribution in [0, 0.1) is 0 Å². The van der Waals surface area contributed by atoms with E-state index in [1.54, 1.807) is 12.1 Å². The van der Waals surface area contributed by atoms with Crippen molar-refractivity contribution < 1.29 is 33.8 Å². The van der Waals surface area contributed by atoms with E-state index in [2.05, 4.69) is 67.0 Å². The van der Waals surface area contributed by atoms with Crippen LogP contribution >= 0.6 is 0 Å². The molecule has 0 atom stereocenters. The van der Waals surface area contributed by atoms with Gasteiger partial charge in [-0.2, -0.15) is 0 Å². The molecule has 3 aromatic carbocycles. The zero-order valence-corrected chi connectivity index (χ0v) is 30.4. The minimum atomic E-state index is -1.36. The number of ketones is 2. The van der Waals surface area contributed by atoms with Crippen LogP contribution < -0.4 is 30.5 Å². The van der Waals surface area contributed by atoms with Gasteiger partial charge in [0.2, 0.25) is 11.5 Å². The van der Waals surface area contributed by atoms with E-state index in [4.69, 9.17) is 4.74 Å². The number of carbonyl (C=O) groups excluding carboxylic acids is 5.